The molecule has 0 unspecified atom stereocenters. The molecule has 0 radical (unpaired) electrons. The van der Waals surface area contributed by atoms with Crippen molar-refractivity contribution < 1.29 is 0 Å². The Hall–Kier alpha value is -1.78. The molecule has 2 aromatic rings. The largest absolute Gasteiger partial charge is 0.355 e. The summed E-state index contributed by atoms with van der Waals surface area (Å²) in [6.07, 6.45) is 6.46. The highest BCUT2D eigenvalue weighted by Crippen LogP contribution is 2.01. The maximum atomic E-state index is 4.24. The summed E-state index contributed by atoms with van der Waals surface area (Å²) in [5.74, 6) is 1.90. The number of nitrogens with zero attached hydrogens (tertiary/aromatic N) is 3. The van der Waals surface area contributed by atoms with Gasteiger partial charge in [0, 0.05) is 44.3 Å². The second-order valence-electron chi connectivity index (χ2n) is 3.55. The van der Waals surface area contributed by atoms with E-state index in [-0.39, 0.29) is 0 Å². The summed E-state index contributed by atoms with van der Waals surface area (Å²) in [4.78, 5) is 11.5. The van der Waals surface area contributed by atoms with Gasteiger partial charge in [-0.15, -0.1) is 0 Å². The quantitative estimate of drug-likeness (QED) is 0.786. The van der Waals surface area contributed by atoms with Crippen LogP contribution in [0.15, 0.2) is 18.6 Å². The van der Waals surface area contributed by atoms with Gasteiger partial charge in [-0.25, -0.2) is 9.97 Å². The fourth-order valence-electron chi connectivity index (χ4n) is 1.43. The van der Waals surface area contributed by atoms with Crippen molar-refractivity contribution in [3.8, 4) is 0 Å². The molecule has 0 aromatic carbocycles. The molecule has 0 saturated carbocycles. The SMILES string of the molecule is Cc1cnc(NCCc2nccn2C)[nH]1. The van der Waals surface area contributed by atoms with E-state index in [9.17, 15) is 0 Å². The molecule has 0 bridgehead atoms. The molecular weight excluding hydrogens is 190 g/mol. The lowest BCUT2D eigenvalue weighted by Gasteiger charge is -2.03. The first-order chi connectivity index (χ1) is 7.25. The van der Waals surface area contributed by atoms with Crippen molar-refractivity contribution in [3.63, 3.8) is 0 Å². The molecule has 0 aliphatic carbocycles. The van der Waals surface area contributed by atoms with Gasteiger partial charge < -0.3 is 14.9 Å². The Morgan fingerprint density at radius 3 is 2.93 bits per heavy atom. The van der Waals surface area contributed by atoms with Gasteiger partial charge in [-0.1, -0.05) is 0 Å². The van der Waals surface area contributed by atoms with Crippen LogP contribution in [0.1, 0.15) is 11.5 Å². The predicted molar refractivity (Wildman–Crippen MR) is 58.7 cm³/mol. The summed E-state index contributed by atoms with van der Waals surface area (Å²) in [6.45, 7) is 2.81. The first kappa shape index (κ1) is 9.76. The van der Waals surface area contributed by atoms with Crippen LogP contribution in [-0.2, 0) is 13.5 Å². The van der Waals surface area contributed by atoms with Crippen LogP contribution in [0.4, 0.5) is 5.95 Å². The lowest BCUT2D eigenvalue weighted by Crippen LogP contribution is -2.09. The van der Waals surface area contributed by atoms with Crippen molar-refractivity contribution in [3.05, 3.63) is 30.1 Å². The molecule has 0 spiro atoms. The maximum absolute atomic E-state index is 4.24. The fourth-order valence-corrected chi connectivity index (χ4v) is 1.43. The summed E-state index contributed by atoms with van der Waals surface area (Å²) in [5.41, 5.74) is 1.06. The first-order valence-electron chi connectivity index (χ1n) is 4.97. The van der Waals surface area contributed by atoms with Crippen LogP contribution in [0.5, 0.6) is 0 Å². The van der Waals surface area contributed by atoms with E-state index >= 15 is 0 Å². The molecule has 0 aliphatic rings. The molecule has 0 saturated heterocycles. The minimum atomic E-state index is 0.821. The Morgan fingerprint density at radius 2 is 2.33 bits per heavy atom. The van der Waals surface area contributed by atoms with Crippen LogP contribution in [0.2, 0.25) is 0 Å². The average Bonchev–Trinajstić information content (AvgIpc) is 2.77. The summed E-state index contributed by atoms with van der Waals surface area (Å²) >= 11 is 0. The average molecular weight is 205 g/mol. The van der Waals surface area contributed by atoms with Gasteiger partial charge in [0.25, 0.3) is 0 Å². The number of aryl methyl sites for hydroxylation is 2. The number of hydrogen-bond donors (Lipinski definition) is 2. The van der Waals surface area contributed by atoms with Crippen LogP contribution in [0.3, 0.4) is 0 Å². The highest BCUT2D eigenvalue weighted by atomic mass is 15.1. The summed E-state index contributed by atoms with van der Waals surface area (Å²) in [7, 11) is 2.00. The predicted octanol–water partition coefficient (Wildman–Crippen LogP) is 1.11. The normalized spacial score (nSPS) is 10.5. The molecule has 80 valence electrons. The monoisotopic (exact) mass is 205 g/mol. The standard InChI is InChI=1S/C10H15N5/c1-8-7-13-10(14-8)12-4-3-9-11-5-6-15(9)2/h5-7H,3-4H2,1-2H3,(H2,12,13,14). The van der Waals surface area contributed by atoms with Crippen LogP contribution in [-0.4, -0.2) is 26.1 Å². The second kappa shape index (κ2) is 4.16. The fraction of sp³-hybridized carbons (Fsp3) is 0.400. The molecule has 2 rings (SSSR count). The van der Waals surface area contributed by atoms with Gasteiger partial charge in [-0.3, -0.25) is 0 Å². The van der Waals surface area contributed by atoms with E-state index < -0.39 is 0 Å². The van der Waals surface area contributed by atoms with Gasteiger partial charge in [0.1, 0.15) is 5.82 Å². The van der Waals surface area contributed by atoms with E-state index in [1.165, 1.54) is 0 Å². The van der Waals surface area contributed by atoms with Crippen LogP contribution < -0.4 is 5.32 Å². The first-order valence-corrected chi connectivity index (χ1v) is 4.97. The molecule has 0 amide bonds. The number of H-pyrrole nitrogens is 1. The van der Waals surface area contributed by atoms with Crippen LogP contribution >= 0.6 is 0 Å². The molecule has 0 atom stereocenters. The van der Waals surface area contributed by atoms with Gasteiger partial charge >= 0.3 is 0 Å². The van der Waals surface area contributed by atoms with Crippen molar-refractivity contribution in [2.75, 3.05) is 11.9 Å². The zero-order valence-electron chi connectivity index (χ0n) is 8.99. The van der Waals surface area contributed by atoms with Gasteiger partial charge in [0.05, 0.1) is 0 Å². The Kier molecular flexibility index (Phi) is 2.71. The van der Waals surface area contributed by atoms with Crippen molar-refractivity contribution in [2.24, 2.45) is 7.05 Å². The number of imidazole rings is 2. The van der Waals surface area contributed by atoms with E-state index in [4.69, 9.17) is 0 Å². The Balaban J connectivity index is 1.83. The maximum Gasteiger partial charge on any atom is 0.200 e. The number of aromatic amines is 1. The Bertz CT molecular complexity index is 428. The minimum Gasteiger partial charge on any atom is -0.355 e. The van der Waals surface area contributed by atoms with Gasteiger partial charge in [-0.05, 0) is 6.92 Å². The van der Waals surface area contributed by atoms with E-state index in [1.807, 2.05) is 37.1 Å². The highest BCUT2D eigenvalue weighted by Gasteiger charge is 1.99. The van der Waals surface area contributed by atoms with E-state index in [0.717, 1.165) is 30.4 Å². The molecule has 2 N–H and O–H groups in total. The number of hydrogen-bond acceptors (Lipinski definition) is 3. The Labute approximate surface area is 88.6 Å². The van der Waals surface area contributed by atoms with Gasteiger partial charge in [-0.2, -0.15) is 0 Å². The van der Waals surface area contributed by atoms with Crippen molar-refractivity contribution in [1.29, 1.82) is 0 Å². The Morgan fingerprint density at radius 1 is 1.47 bits per heavy atom. The third-order valence-electron chi connectivity index (χ3n) is 2.26. The summed E-state index contributed by atoms with van der Waals surface area (Å²) in [5, 5.41) is 3.21. The van der Waals surface area contributed by atoms with Gasteiger partial charge in [0.2, 0.25) is 0 Å². The van der Waals surface area contributed by atoms with Gasteiger partial charge in [0.15, 0.2) is 5.95 Å². The number of anilines is 1. The third-order valence-corrected chi connectivity index (χ3v) is 2.26. The highest BCUT2D eigenvalue weighted by molar-refractivity contribution is 5.25. The van der Waals surface area contributed by atoms with E-state index in [2.05, 4.69) is 20.3 Å². The zero-order chi connectivity index (χ0) is 10.7. The molecule has 5 heteroatoms. The van der Waals surface area contributed by atoms with E-state index in [1.54, 1.807) is 0 Å². The number of nitrogens with one attached hydrogen (secondary N) is 2. The minimum absolute atomic E-state index is 0.821. The van der Waals surface area contributed by atoms with Crippen LogP contribution in [0, 0.1) is 6.92 Å². The summed E-state index contributed by atoms with van der Waals surface area (Å²) in [6, 6.07) is 0. The van der Waals surface area contributed by atoms with Crippen molar-refractivity contribution in [2.45, 2.75) is 13.3 Å². The molecular formula is C10H15N5. The summed E-state index contributed by atoms with van der Waals surface area (Å²) < 4.78 is 2.02. The molecule has 2 aromatic heterocycles. The smallest absolute Gasteiger partial charge is 0.200 e. The van der Waals surface area contributed by atoms with Crippen molar-refractivity contribution >= 4 is 5.95 Å². The van der Waals surface area contributed by atoms with Crippen LogP contribution in [0.25, 0.3) is 0 Å². The molecule has 0 fully saturated rings. The lowest BCUT2D eigenvalue weighted by molar-refractivity contribution is 0.787. The molecule has 2 heterocycles. The molecule has 15 heavy (non-hydrogen) atoms. The van der Waals surface area contributed by atoms with E-state index in [0.29, 0.717) is 0 Å². The molecule has 5 nitrogen and oxygen atoms in total. The lowest BCUT2D eigenvalue weighted by atomic mass is 10.4. The van der Waals surface area contributed by atoms with Crippen molar-refractivity contribution in [1.82, 2.24) is 19.5 Å². The number of rotatable bonds is 4. The zero-order valence-corrected chi connectivity index (χ0v) is 8.99. The topological polar surface area (TPSA) is 58.5 Å². The number of aromatic nitrogens is 4. The third kappa shape index (κ3) is 2.37. The molecule has 0 aliphatic heterocycles. The second-order valence-corrected chi connectivity index (χ2v) is 3.55.